The summed E-state index contributed by atoms with van der Waals surface area (Å²) in [5, 5.41) is 4.08. The number of benzene rings is 1. The highest BCUT2D eigenvalue weighted by atomic mass is 79.9. The van der Waals surface area contributed by atoms with Gasteiger partial charge in [-0.1, -0.05) is 21.1 Å². The van der Waals surface area contributed by atoms with Gasteiger partial charge in [0.2, 0.25) is 11.7 Å². The molecule has 0 spiro atoms. The van der Waals surface area contributed by atoms with Crippen LogP contribution in [0.1, 0.15) is 36.3 Å². The monoisotopic (exact) mass is 335 g/mol. The van der Waals surface area contributed by atoms with Crippen molar-refractivity contribution in [3.05, 3.63) is 33.6 Å². The van der Waals surface area contributed by atoms with E-state index in [1.54, 1.807) is 0 Å². The largest absolute Gasteiger partial charge is 0.339 e. The van der Waals surface area contributed by atoms with Crippen molar-refractivity contribution in [3.8, 4) is 11.4 Å². The molecule has 0 atom stereocenters. The van der Waals surface area contributed by atoms with Gasteiger partial charge < -0.3 is 10.3 Å². The normalized spacial score (nSPS) is 17.0. The van der Waals surface area contributed by atoms with Crippen molar-refractivity contribution >= 4 is 15.9 Å². The Hall–Kier alpha value is -1.20. The second-order valence-corrected chi connectivity index (χ2v) is 6.62. The molecule has 1 saturated carbocycles. The molecular weight excluding hydrogens is 318 g/mol. The predicted octanol–water partition coefficient (Wildman–Crippen LogP) is 3.54. The summed E-state index contributed by atoms with van der Waals surface area (Å²) in [6.07, 6.45) is 3.96. The lowest BCUT2D eigenvalue weighted by Gasteiger charge is -2.36. The molecule has 5 heteroatoms. The highest BCUT2D eigenvalue weighted by molar-refractivity contribution is 9.10. The molecular formula is C15H18BrN3O. The van der Waals surface area contributed by atoms with Gasteiger partial charge in [0, 0.05) is 22.0 Å². The number of hydrogen-bond acceptors (Lipinski definition) is 4. The highest BCUT2D eigenvalue weighted by Gasteiger charge is 2.34. The first-order valence-electron chi connectivity index (χ1n) is 6.85. The minimum Gasteiger partial charge on any atom is -0.339 e. The molecule has 0 radical (unpaired) electrons. The Morgan fingerprint density at radius 1 is 1.30 bits per heavy atom. The standard InChI is InChI=1S/C15H18BrN3O/c1-9-6-11(7-10(2)13(9)16)14-18-12(20-19-14)8-15(17)4-3-5-15/h6-7H,3-5,8,17H2,1-2H3. The molecule has 1 aromatic heterocycles. The van der Waals surface area contributed by atoms with Crippen LogP contribution in [0.3, 0.4) is 0 Å². The Balaban J connectivity index is 1.86. The van der Waals surface area contributed by atoms with E-state index in [4.69, 9.17) is 10.3 Å². The molecule has 1 aromatic carbocycles. The van der Waals surface area contributed by atoms with Crippen LogP contribution in [-0.4, -0.2) is 15.7 Å². The van der Waals surface area contributed by atoms with Crippen molar-refractivity contribution in [2.45, 2.75) is 45.1 Å². The van der Waals surface area contributed by atoms with Crippen LogP contribution < -0.4 is 5.73 Å². The average Bonchev–Trinajstić information content (AvgIpc) is 2.82. The molecule has 106 valence electrons. The third kappa shape index (κ3) is 2.52. The zero-order chi connectivity index (χ0) is 14.3. The van der Waals surface area contributed by atoms with E-state index in [2.05, 4.69) is 52.1 Å². The molecule has 20 heavy (non-hydrogen) atoms. The van der Waals surface area contributed by atoms with Gasteiger partial charge >= 0.3 is 0 Å². The van der Waals surface area contributed by atoms with E-state index in [1.165, 1.54) is 17.5 Å². The van der Waals surface area contributed by atoms with Crippen molar-refractivity contribution in [3.63, 3.8) is 0 Å². The molecule has 0 saturated heterocycles. The Labute approximate surface area is 126 Å². The Morgan fingerprint density at radius 2 is 1.95 bits per heavy atom. The number of hydrogen-bond donors (Lipinski definition) is 1. The van der Waals surface area contributed by atoms with E-state index in [0.717, 1.165) is 22.9 Å². The highest BCUT2D eigenvalue weighted by Crippen LogP contribution is 2.33. The maximum Gasteiger partial charge on any atom is 0.228 e. The maximum absolute atomic E-state index is 6.22. The molecule has 4 nitrogen and oxygen atoms in total. The molecule has 0 unspecified atom stereocenters. The van der Waals surface area contributed by atoms with Crippen LogP contribution in [0, 0.1) is 13.8 Å². The third-order valence-electron chi connectivity index (χ3n) is 4.02. The summed E-state index contributed by atoms with van der Waals surface area (Å²) in [4.78, 5) is 4.49. The molecule has 1 heterocycles. The zero-order valence-electron chi connectivity index (χ0n) is 11.7. The number of aromatic nitrogens is 2. The van der Waals surface area contributed by atoms with Gasteiger partial charge in [-0.3, -0.25) is 0 Å². The van der Waals surface area contributed by atoms with Crippen LogP contribution in [0.5, 0.6) is 0 Å². The van der Waals surface area contributed by atoms with Gasteiger partial charge in [-0.05, 0) is 56.4 Å². The molecule has 0 amide bonds. The SMILES string of the molecule is Cc1cc(-c2noc(CC3(N)CCC3)n2)cc(C)c1Br. The van der Waals surface area contributed by atoms with E-state index in [1.807, 2.05) is 0 Å². The summed E-state index contributed by atoms with van der Waals surface area (Å²) in [7, 11) is 0. The molecule has 2 aromatic rings. The first-order chi connectivity index (χ1) is 9.47. The van der Waals surface area contributed by atoms with Gasteiger partial charge in [-0.2, -0.15) is 4.98 Å². The number of nitrogens with two attached hydrogens (primary N) is 1. The number of nitrogens with zero attached hydrogens (tertiary/aromatic N) is 2. The third-order valence-corrected chi connectivity index (χ3v) is 5.27. The summed E-state index contributed by atoms with van der Waals surface area (Å²) < 4.78 is 6.47. The van der Waals surface area contributed by atoms with Gasteiger partial charge in [0.1, 0.15) is 0 Å². The first-order valence-corrected chi connectivity index (χ1v) is 7.65. The van der Waals surface area contributed by atoms with Crippen LogP contribution in [0.2, 0.25) is 0 Å². The van der Waals surface area contributed by atoms with E-state index >= 15 is 0 Å². The fourth-order valence-corrected chi connectivity index (χ4v) is 2.86. The van der Waals surface area contributed by atoms with Gasteiger partial charge in [0.15, 0.2) is 0 Å². The number of halogens is 1. The van der Waals surface area contributed by atoms with Crippen molar-refractivity contribution in [1.82, 2.24) is 10.1 Å². The first kappa shape index (κ1) is 13.8. The zero-order valence-corrected chi connectivity index (χ0v) is 13.3. The maximum atomic E-state index is 6.22. The van der Waals surface area contributed by atoms with Crippen LogP contribution >= 0.6 is 15.9 Å². The van der Waals surface area contributed by atoms with Gasteiger partial charge in [0.05, 0.1) is 0 Å². The van der Waals surface area contributed by atoms with Crippen LogP contribution in [0.4, 0.5) is 0 Å². The molecule has 3 rings (SSSR count). The van der Waals surface area contributed by atoms with Crippen LogP contribution in [0.15, 0.2) is 21.1 Å². The molecule has 1 aliphatic carbocycles. The average molecular weight is 336 g/mol. The molecule has 0 bridgehead atoms. The van der Waals surface area contributed by atoms with Crippen LogP contribution in [0.25, 0.3) is 11.4 Å². The summed E-state index contributed by atoms with van der Waals surface area (Å²) in [5.74, 6) is 1.28. The number of aryl methyl sites for hydroxylation is 2. The molecule has 1 aliphatic rings. The van der Waals surface area contributed by atoms with Gasteiger partial charge in [-0.15, -0.1) is 0 Å². The fourth-order valence-electron chi connectivity index (χ4n) is 2.63. The lowest BCUT2D eigenvalue weighted by atomic mass is 9.75. The van der Waals surface area contributed by atoms with Crippen molar-refractivity contribution < 1.29 is 4.52 Å². The second kappa shape index (κ2) is 4.97. The molecule has 2 N–H and O–H groups in total. The van der Waals surface area contributed by atoms with E-state index < -0.39 is 0 Å². The topological polar surface area (TPSA) is 64.9 Å². The van der Waals surface area contributed by atoms with E-state index in [0.29, 0.717) is 18.1 Å². The Bertz CT molecular complexity index is 623. The lowest BCUT2D eigenvalue weighted by Crippen LogP contribution is -2.48. The summed E-state index contributed by atoms with van der Waals surface area (Å²) in [6.45, 7) is 4.12. The Morgan fingerprint density at radius 3 is 2.50 bits per heavy atom. The second-order valence-electron chi connectivity index (χ2n) is 5.83. The minimum absolute atomic E-state index is 0.130. The Kier molecular flexibility index (Phi) is 3.42. The lowest BCUT2D eigenvalue weighted by molar-refractivity contribution is 0.222. The number of rotatable bonds is 3. The quantitative estimate of drug-likeness (QED) is 0.931. The van der Waals surface area contributed by atoms with E-state index in [9.17, 15) is 0 Å². The van der Waals surface area contributed by atoms with Gasteiger partial charge in [0.25, 0.3) is 0 Å². The molecule has 0 aliphatic heterocycles. The van der Waals surface area contributed by atoms with Crippen molar-refractivity contribution in [2.75, 3.05) is 0 Å². The van der Waals surface area contributed by atoms with Crippen molar-refractivity contribution in [2.24, 2.45) is 5.73 Å². The minimum atomic E-state index is -0.130. The summed E-state index contributed by atoms with van der Waals surface area (Å²) in [5.41, 5.74) is 9.41. The fraction of sp³-hybridized carbons (Fsp3) is 0.467. The van der Waals surface area contributed by atoms with Crippen molar-refractivity contribution in [1.29, 1.82) is 0 Å². The molecule has 1 fully saturated rings. The summed E-state index contributed by atoms with van der Waals surface area (Å²) >= 11 is 3.57. The van der Waals surface area contributed by atoms with Crippen LogP contribution in [-0.2, 0) is 6.42 Å². The smallest absolute Gasteiger partial charge is 0.228 e. The predicted molar refractivity (Wildman–Crippen MR) is 81.4 cm³/mol. The van der Waals surface area contributed by atoms with Gasteiger partial charge in [-0.25, -0.2) is 0 Å². The van der Waals surface area contributed by atoms with E-state index in [-0.39, 0.29) is 5.54 Å². The summed E-state index contributed by atoms with van der Waals surface area (Å²) in [6, 6.07) is 4.13.